The Morgan fingerprint density at radius 1 is 1.22 bits per heavy atom. The summed E-state index contributed by atoms with van der Waals surface area (Å²) >= 11 is 0. The van der Waals surface area contributed by atoms with Crippen molar-refractivity contribution in [1.82, 2.24) is 10.2 Å². The molecule has 0 saturated heterocycles. The maximum Gasteiger partial charge on any atom is 0.0558 e. The molecule has 0 aromatic heterocycles. The molecule has 1 saturated carbocycles. The second kappa shape index (κ2) is 8.89. The predicted octanol–water partition coefficient (Wildman–Crippen LogP) is 2.10. The second-order valence-corrected chi connectivity index (χ2v) is 5.87. The van der Waals surface area contributed by atoms with E-state index in [1.165, 1.54) is 25.7 Å². The summed E-state index contributed by atoms with van der Waals surface area (Å²) < 4.78 is 0. The third kappa shape index (κ3) is 5.25. The van der Waals surface area contributed by atoms with Gasteiger partial charge in [-0.05, 0) is 50.6 Å². The molecule has 1 aliphatic carbocycles. The Bertz CT molecular complexity index is 205. The Kier molecular flexibility index (Phi) is 7.87. The van der Waals surface area contributed by atoms with Crippen LogP contribution in [0.15, 0.2) is 0 Å². The van der Waals surface area contributed by atoms with Gasteiger partial charge in [-0.25, -0.2) is 0 Å². The van der Waals surface area contributed by atoms with Crippen molar-refractivity contribution >= 4 is 0 Å². The zero-order valence-corrected chi connectivity index (χ0v) is 12.5. The zero-order valence-electron chi connectivity index (χ0n) is 12.5. The first-order chi connectivity index (χ1) is 8.71. The maximum absolute atomic E-state index is 9.16. The van der Waals surface area contributed by atoms with Crippen LogP contribution in [0.25, 0.3) is 0 Å². The first-order valence-electron chi connectivity index (χ1n) is 7.77. The number of aliphatic hydroxyl groups excluding tert-OH is 1. The average molecular weight is 256 g/mol. The fraction of sp³-hybridized carbons (Fsp3) is 1.00. The standard InChI is InChI=1S/C15H32N2O/c1-4-8-17(9-10-18)12-14-11-13(3)6-7-15(14)16-5-2/h13-16,18H,4-12H2,1-3H3. The van der Waals surface area contributed by atoms with Crippen LogP contribution >= 0.6 is 0 Å². The summed E-state index contributed by atoms with van der Waals surface area (Å²) in [5, 5.41) is 12.8. The average Bonchev–Trinajstić information content (AvgIpc) is 2.33. The van der Waals surface area contributed by atoms with Crippen molar-refractivity contribution in [3.8, 4) is 0 Å². The molecule has 1 aliphatic rings. The van der Waals surface area contributed by atoms with E-state index in [1.54, 1.807) is 0 Å². The third-order valence-electron chi connectivity index (χ3n) is 4.16. The van der Waals surface area contributed by atoms with E-state index in [4.69, 9.17) is 5.11 Å². The van der Waals surface area contributed by atoms with Gasteiger partial charge in [-0.1, -0.05) is 20.8 Å². The van der Waals surface area contributed by atoms with Crippen LogP contribution < -0.4 is 5.32 Å². The normalized spacial score (nSPS) is 28.8. The first kappa shape index (κ1) is 15.9. The van der Waals surface area contributed by atoms with Crippen molar-refractivity contribution in [2.75, 3.05) is 32.8 Å². The second-order valence-electron chi connectivity index (χ2n) is 5.87. The molecule has 0 spiro atoms. The number of hydrogen-bond donors (Lipinski definition) is 2. The highest BCUT2D eigenvalue weighted by atomic mass is 16.3. The molecule has 1 fully saturated rings. The summed E-state index contributed by atoms with van der Waals surface area (Å²) in [5.74, 6) is 1.62. The molecule has 2 N–H and O–H groups in total. The Labute approximate surface area is 113 Å². The molecule has 0 aromatic rings. The molecule has 0 amide bonds. The molecule has 0 aliphatic heterocycles. The van der Waals surface area contributed by atoms with Gasteiger partial charge in [0.25, 0.3) is 0 Å². The highest BCUT2D eigenvalue weighted by Crippen LogP contribution is 2.29. The van der Waals surface area contributed by atoms with Gasteiger partial charge < -0.3 is 15.3 Å². The van der Waals surface area contributed by atoms with E-state index in [-0.39, 0.29) is 6.61 Å². The lowest BCUT2D eigenvalue weighted by Gasteiger charge is -2.38. The number of nitrogens with zero attached hydrogens (tertiary/aromatic N) is 1. The van der Waals surface area contributed by atoms with Crippen molar-refractivity contribution in [2.45, 2.75) is 52.5 Å². The van der Waals surface area contributed by atoms with Gasteiger partial charge in [-0.3, -0.25) is 0 Å². The van der Waals surface area contributed by atoms with Gasteiger partial charge in [0, 0.05) is 19.1 Å². The summed E-state index contributed by atoms with van der Waals surface area (Å²) in [7, 11) is 0. The molecule has 3 atom stereocenters. The zero-order chi connectivity index (χ0) is 13.4. The van der Waals surface area contributed by atoms with Gasteiger partial charge in [-0.2, -0.15) is 0 Å². The van der Waals surface area contributed by atoms with Gasteiger partial charge in [-0.15, -0.1) is 0 Å². The fourth-order valence-electron chi connectivity index (χ4n) is 3.32. The molecule has 0 heterocycles. The molecule has 108 valence electrons. The Morgan fingerprint density at radius 3 is 2.61 bits per heavy atom. The number of nitrogens with one attached hydrogen (secondary N) is 1. The molecule has 18 heavy (non-hydrogen) atoms. The van der Waals surface area contributed by atoms with Gasteiger partial charge in [0.05, 0.1) is 6.61 Å². The van der Waals surface area contributed by atoms with Crippen molar-refractivity contribution in [3.63, 3.8) is 0 Å². The smallest absolute Gasteiger partial charge is 0.0558 e. The quantitative estimate of drug-likeness (QED) is 0.698. The Hall–Kier alpha value is -0.120. The minimum Gasteiger partial charge on any atom is -0.395 e. The molecule has 0 aromatic carbocycles. The SMILES string of the molecule is CCCN(CCO)CC1CC(C)CCC1NCC. The lowest BCUT2D eigenvalue weighted by atomic mass is 9.78. The van der Waals surface area contributed by atoms with E-state index in [0.29, 0.717) is 6.04 Å². The lowest BCUT2D eigenvalue weighted by Crippen LogP contribution is -2.46. The van der Waals surface area contributed by atoms with E-state index >= 15 is 0 Å². The van der Waals surface area contributed by atoms with Crippen molar-refractivity contribution in [3.05, 3.63) is 0 Å². The summed E-state index contributed by atoms with van der Waals surface area (Å²) in [4.78, 5) is 2.44. The molecular formula is C15H32N2O. The highest BCUT2D eigenvalue weighted by molar-refractivity contribution is 4.85. The first-order valence-corrected chi connectivity index (χ1v) is 7.77. The summed E-state index contributed by atoms with van der Waals surface area (Å²) in [5.41, 5.74) is 0. The molecule has 0 bridgehead atoms. The van der Waals surface area contributed by atoms with Crippen LogP contribution in [-0.2, 0) is 0 Å². The van der Waals surface area contributed by atoms with E-state index in [9.17, 15) is 0 Å². The van der Waals surface area contributed by atoms with Gasteiger partial charge in [0.2, 0.25) is 0 Å². The topological polar surface area (TPSA) is 35.5 Å². The summed E-state index contributed by atoms with van der Waals surface area (Å²) in [6, 6.07) is 0.684. The largest absolute Gasteiger partial charge is 0.395 e. The van der Waals surface area contributed by atoms with Gasteiger partial charge in [0.1, 0.15) is 0 Å². The van der Waals surface area contributed by atoms with Crippen LogP contribution in [0.1, 0.15) is 46.5 Å². The maximum atomic E-state index is 9.16. The molecule has 3 unspecified atom stereocenters. The van der Waals surface area contributed by atoms with Crippen LogP contribution in [0.4, 0.5) is 0 Å². The van der Waals surface area contributed by atoms with Gasteiger partial charge in [0.15, 0.2) is 0 Å². The molecule has 0 radical (unpaired) electrons. The van der Waals surface area contributed by atoms with E-state index in [0.717, 1.165) is 38.0 Å². The molecular weight excluding hydrogens is 224 g/mol. The van der Waals surface area contributed by atoms with E-state index in [1.807, 2.05) is 0 Å². The predicted molar refractivity (Wildman–Crippen MR) is 77.8 cm³/mol. The Morgan fingerprint density at radius 2 is 2.00 bits per heavy atom. The van der Waals surface area contributed by atoms with Crippen molar-refractivity contribution in [2.24, 2.45) is 11.8 Å². The van der Waals surface area contributed by atoms with Crippen LogP contribution in [0.3, 0.4) is 0 Å². The van der Waals surface area contributed by atoms with Gasteiger partial charge >= 0.3 is 0 Å². The minimum atomic E-state index is 0.286. The monoisotopic (exact) mass is 256 g/mol. The molecule has 3 nitrogen and oxygen atoms in total. The Balaban J connectivity index is 2.51. The minimum absolute atomic E-state index is 0.286. The number of hydrogen-bond acceptors (Lipinski definition) is 3. The molecule has 3 heteroatoms. The lowest BCUT2D eigenvalue weighted by molar-refractivity contribution is 0.126. The number of rotatable bonds is 8. The van der Waals surface area contributed by atoms with Crippen LogP contribution in [-0.4, -0.2) is 48.8 Å². The fourth-order valence-corrected chi connectivity index (χ4v) is 3.32. The van der Waals surface area contributed by atoms with E-state index < -0.39 is 0 Å². The van der Waals surface area contributed by atoms with Crippen LogP contribution in [0.5, 0.6) is 0 Å². The summed E-state index contributed by atoms with van der Waals surface area (Å²) in [6.45, 7) is 11.3. The molecule has 1 rings (SSSR count). The van der Waals surface area contributed by atoms with Crippen molar-refractivity contribution in [1.29, 1.82) is 0 Å². The highest BCUT2D eigenvalue weighted by Gasteiger charge is 2.29. The van der Waals surface area contributed by atoms with Crippen molar-refractivity contribution < 1.29 is 5.11 Å². The van der Waals surface area contributed by atoms with Crippen LogP contribution in [0, 0.1) is 11.8 Å². The van der Waals surface area contributed by atoms with Crippen LogP contribution in [0.2, 0.25) is 0 Å². The third-order valence-corrected chi connectivity index (χ3v) is 4.16. The summed E-state index contributed by atoms with van der Waals surface area (Å²) in [6.07, 6.45) is 5.19. The number of aliphatic hydroxyl groups is 1. The van der Waals surface area contributed by atoms with E-state index in [2.05, 4.69) is 31.0 Å².